The number of hydrogen-bond acceptors (Lipinski definition) is 5. The van der Waals surface area contributed by atoms with Gasteiger partial charge in [-0.15, -0.1) is 11.3 Å². The van der Waals surface area contributed by atoms with Crippen LogP contribution < -0.4 is 5.32 Å². The highest BCUT2D eigenvalue weighted by Crippen LogP contribution is 2.52. The minimum Gasteiger partial charge on any atom is -0.300 e. The average molecular weight is 458 g/mol. The SMILES string of the molecule is O=C(CN1C(=O)C2C3C=CC(C3)C2C1=O)Nc1nc(-c2cccc(Br)c2)cs1. The van der Waals surface area contributed by atoms with Crippen LogP contribution in [-0.4, -0.2) is 34.2 Å². The quantitative estimate of drug-likeness (QED) is 0.563. The van der Waals surface area contributed by atoms with Crippen LogP contribution in [-0.2, 0) is 14.4 Å². The second-order valence-corrected chi connectivity index (χ2v) is 9.13. The monoisotopic (exact) mass is 457 g/mol. The summed E-state index contributed by atoms with van der Waals surface area (Å²) in [4.78, 5) is 43.3. The first-order valence-electron chi connectivity index (χ1n) is 9.06. The highest BCUT2D eigenvalue weighted by Gasteiger charge is 2.59. The molecule has 1 N–H and O–H groups in total. The molecular weight excluding hydrogens is 442 g/mol. The average Bonchev–Trinajstić information content (AvgIpc) is 3.43. The zero-order valence-corrected chi connectivity index (χ0v) is 17.1. The Morgan fingerprint density at radius 2 is 1.93 bits per heavy atom. The van der Waals surface area contributed by atoms with Gasteiger partial charge in [0.15, 0.2) is 5.13 Å². The fourth-order valence-corrected chi connectivity index (χ4v) is 5.67. The first-order chi connectivity index (χ1) is 13.5. The predicted molar refractivity (Wildman–Crippen MR) is 108 cm³/mol. The molecular formula is C20H16BrN3O3S. The van der Waals surface area contributed by atoms with Crippen LogP contribution in [0.5, 0.6) is 0 Å². The van der Waals surface area contributed by atoms with Gasteiger partial charge < -0.3 is 5.32 Å². The molecule has 2 aromatic rings. The lowest BCUT2D eigenvalue weighted by Crippen LogP contribution is -2.39. The molecule has 2 bridgehead atoms. The molecule has 0 radical (unpaired) electrons. The Labute approximate surface area is 173 Å². The summed E-state index contributed by atoms with van der Waals surface area (Å²) in [7, 11) is 0. The van der Waals surface area contributed by atoms with Crippen LogP contribution in [0.25, 0.3) is 11.3 Å². The molecule has 1 saturated carbocycles. The third kappa shape index (κ3) is 2.82. The summed E-state index contributed by atoms with van der Waals surface area (Å²) in [5.41, 5.74) is 1.69. The lowest BCUT2D eigenvalue weighted by atomic mass is 9.85. The van der Waals surface area contributed by atoms with Crippen molar-refractivity contribution in [1.29, 1.82) is 0 Å². The van der Waals surface area contributed by atoms with E-state index in [-0.39, 0.29) is 42.0 Å². The van der Waals surface area contributed by atoms with Crippen molar-refractivity contribution in [3.8, 4) is 11.3 Å². The molecule has 1 aliphatic heterocycles. The number of fused-ring (bicyclic) bond motifs is 5. The van der Waals surface area contributed by atoms with E-state index in [1.54, 1.807) is 0 Å². The van der Waals surface area contributed by atoms with Crippen LogP contribution >= 0.6 is 27.3 Å². The largest absolute Gasteiger partial charge is 0.300 e. The van der Waals surface area contributed by atoms with E-state index in [9.17, 15) is 14.4 Å². The number of aromatic nitrogens is 1. The Hall–Kier alpha value is -2.32. The van der Waals surface area contributed by atoms with Gasteiger partial charge in [-0.1, -0.05) is 40.2 Å². The Kier molecular flexibility index (Phi) is 4.21. The maximum absolute atomic E-state index is 12.7. The molecule has 2 fully saturated rings. The van der Waals surface area contributed by atoms with Gasteiger partial charge in [-0.2, -0.15) is 0 Å². The van der Waals surface area contributed by atoms with Gasteiger partial charge in [-0.25, -0.2) is 4.98 Å². The second-order valence-electron chi connectivity index (χ2n) is 7.36. The Morgan fingerprint density at radius 3 is 2.61 bits per heavy atom. The van der Waals surface area contributed by atoms with Crippen LogP contribution in [0.1, 0.15) is 6.42 Å². The van der Waals surface area contributed by atoms with E-state index < -0.39 is 5.91 Å². The maximum Gasteiger partial charge on any atom is 0.246 e. The zero-order chi connectivity index (χ0) is 19.4. The number of benzene rings is 1. The van der Waals surface area contributed by atoms with Crippen LogP contribution in [0.3, 0.4) is 0 Å². The standard InChI is InChI=1S/C20H16BrN3O3S/c21-13-3-1-2-10(7-13)14-9-28-20(22-14)23-15(25)8-24-18(26)16-11-4-5-12(6-11)17(16)19(24)27/h1-5,7,9,11-12,16-17H,6,8H2,(H,22,23,25). The summed E-state index contributed by atoms with van der Waals surface area (Å²) in [5, 5.41) is 5.02. The Morgan fingerprint density at radius 1 is 1.21 bits per heavy atom. The number of likely N-dealkylation sites (tertiary alicyclic amines) is 1. The van der Waals surface area contributed by atoms with Gasteiger partial charge in [-0.3, -0.25) is 19.3 Å². The van der Waals surface area contributed by atoms with Crippen molar-refractivity contribution in [2.75, 3.05) is 11.9 Å². The van der Waals surface area contributed by atoms with Crippen LogP contribution in [0.4, 0.5) is 5.13 Å². The third-order valence-electron chi connectivity index (χ3n) is 5.73. The zero-order valence-electron chi connectivity index (χ0n) is 14.7. The molecule has 0 spiro atoms. The fourth-order valence-electron chi connectivity index (χ4n) is 4.53. The molecule has 4 atom stereocenters. The van der Waals surface area contributed by atoms with Crippen molar-refractivity contribution >= 4 is 50.1 Å². The number of amides is 3. The first kappa shape index (κ1) is 17.8. The minimum atomic E-state index is -0.405. The number of anilines is 1. The molecule has 2 heterocycles. The first-order valence-corrected chi connectivity index (χ1v) is 10.7. The van der Waals surface area contributed by atoms with Crippen molar-refractivity contribution in [1.82, 2.24) is 9.88 Å². The van der Waals surface area contributed by atoms with E-state index in [0.717, 1.165) is 27.1 Å². The number of hydrogen-bond donors (Lipinski definition) is 1. The van der Waals surface area contributed by atoms with Gasteiger partial charge in [0, 0.05) is 15.4 Å². The minimum absolute atomic E-state index is 0.145. The lowest BCUT2D eigenvalue weighted by molar-refractivity contribution is -0.143. The van der Waals surface area contributed by atoms with Gasteiger partial charge in [0.25, 0.3) is 0 Å². The molecule has 8 heteroatoms. The summed E-state index contributed by atoms with van der Waals surface area (Å²) in [6, 6.07) is 7.73. The molecule has 3 amide bonds. The summed E-state index contributed by atoms with van der Waals surface area (Å²) in [6.07, 6.45) is 4.96. The van der Waals surface area contributed by atoms with Crippen molar-refractivity contribution in [2.24, 2.45) is 23.7 Å². The molecule has 28 heavy (non-hydrogen) atoms. The summed E-state index contributed by atoms with van der Waals surface area (Å²) in [5.74, 6) is -1.10. The van der Waals surface area contributed by atoms with Crippen molar-refractivity contribution < 1.29 is 14.4 Å². The molecule has 3 aliphatic rings. The molecule has 1 saturated heterocycles. The van der Waals surface area contributed by atoms with E-state index >= 15 is 0 Å². The molecule has 2 aliphatic carbocycles. The predicted octanol–water partition coefficient (Wildman–Crippen LogP) is 3.32. The molecule has 6 nitrogen and oxygen atoms in total. The van der Waals surface area contributed by atoms with Gasteiger partial charge in [0.2, 0.25) is 17.7 Å². The number of carbonyl (C=O) groups is 3. The van der Waals surface area contributed by atoms with Gasteiger partial charge in [0.05, 0.1) is 17.5 Å². The number of thiazole rings is 1. The van der Waals surface area contributed by atoms with Crippen LogP contribution in [0.2, 0.25) is 0 Å². The number of halogens is 1. The molecule has 142 valence electrons. The van der Waals surface area contributed by atoms with Crippen molar-refractivity contribution in [3.63, 3.8) is 0 Å². The van der Waals surface area contributed by atoms with E-state index in [4.69, 9.17) is 0 Å². The van der Waals surface area contributed by atoms with Crippen LogP contribution in [0, 0.1) is 23.7 Å². The Bertz CT molecular complexity index is 1000. The number of allylic oxidation sites excluding steroid dienone is 2. The number of carbonyl (C=O) groups excluding carboxylic acids is 3. The normalized spacial score (nSPS) is 27.5. The summed E-state index contributed by atoms with van der Waals surface area (Å²) >= 11 is 4.74. The van der Waals surface area contributed by atoms with E-state index in [2.05, 4.69) is 26.2 Å². The highest BCUT2D eigenvalue weighted by molar-refractivity contribution is 9.10. The van der Waals surface area contributed by atoms with Crippen molar-refractivity contribution in [3.05, 3.63) is 46.3 Å². The number of imide groups is 1. The second kappa shape index (κ2) is 6.63. The highest BCUT2D eigenvalue weighted by atomic mass is 79.9. The number of rotatable bonds is 4. The molecule has 1 aromatic carbocycles. The lowest BCUT2D eigenvalue weighted by Gasteiger charge is -2.16. The summed E-state index contributed by atoms with van der Waals surface area (Å²) in [6.45, 7) is -0.254. The van der Waals surface area contributed by atoms with Gasteiger partial charge >= 0.3 is 0 Å². The molecule has 4 unspecified atom stereocenters. The van der Waals surface area contributed by atoms with Crippen molar-refractivity contribution in [2.45, 2.75) is 6.42 Å². The Balaban J connectivity index is 1.26. The van der Waals surface area contributed by atoms with E-state index in [0.29, 0.717) is 5.13 Å². The van der Waals surface area contributed by atoms with Gasteiger partial charge in [0.1, 0.15) is 6.54 Å². The fraction of sp³-hybridized carbons (Fsp3) is 0.300. The van der Waals surface area contributed by atoms with Crippen LogP contribution in [0.15, 0.2) is 46.3 Å². The maximum atomic E-state index is 12.7. The third-order valence-corrected chi connectivity index (χ3v) is 6.99. The van der Waals surface area contributed by atoms with Gasteiger partial charge in [-0.05, 0) is 30.4 Å². The van der Waals surface area contributed by atoms with E-state index in [1.807, 2.05) is 41.8 Å². The molecule has 1 aromatic heterocycles. The van der Waals surface area contributed by atoms with E-state index in [1.165, 1.54) is 11.3 Å². The summed E-state index contributed by atoms with van der Waals surface area (Å²) < 4.78 is 0.948. The topological polar surface area (TPSA) is 79.4 Å². The smallest absolute Gasteiger partial charge is 0.246 e. The molecule has 5 rings (SSSR count). The number of nitrogens with one attached hydrogen (secondary N) is 1. The number of nitrogens with zero attached hydrogens (tertiary/aromatic N) is 2.